The van der Waals surface area contributed by atoms with E-state index in [1.165, 1.54) is 0 Å². The van der Waals surface area contributed by atoms with Gasteiger partial charge in [-0.15, -0.1) is 0 Å². The zero-order valence-corrected chi connectivity index (χ0v) is 8.77. The van der Waals surface area contributed by atoms with Gasteiger partial charge < -0.3 is 15.2 Å². The fourth-order valence-electron chi connectivity index (χ4n) is 7.36. The van der Waals surface area contributed by atoms with E-state index < -0.39 is 0 Å². The van der Waals surface area contributed by atoms with Crippen molar-refractivity contribution in [2.24, 2.45) is 46.7 Å². The molecule has 1 saturated heterocycles. The zero-order valence-electron chi connectivity index (χ0n) is 8.77. The fourth-order valence-corrected chi connectivity index (χ4v) is 7.36. The maximum atomic E-state index is 6.68. The highest BCUT2D eigenvalue weighted by molar-refractivity contribution is 5.54. The highest BCUT2D eigenvalue weighted by Gasteiger charge is 3.07. The Hall–Kier alpha value is -0.120. The summed E-state index contributed by atoms with van der Waals surface area (Å²) >= 11 is 0. The Kier molecular flexibility index (Phi) is 0.700. The maximum Gasteiger partial charge on any atom is 0.190 e. The van der Waals surface area contributed by atoms with Crippen molar-refractivity contribution in [1.29, 1.82) is 0 Å². The van der Waals surface area contributed by atoms with Gasteiger partial charge in [0, 0.05) is 5.92 Å². The van der Waals surface area contributed by atoms with Crippen molar-refractivity contribution >= 4 is 0 Å². The summed E-state index contributed by atoms with van der Waals surface area (Å²) < 4.78 is 12.0. The predicted octanol–water partition coefficient (Wildman–Crippen LogP) is 0.198. The first-order valence-corrected chi connectivity index (χ1v) is 6.26. The van der Waals surface area contributed by atoms with Crippen LogP contribution in [0.15, 0.2) is 0 Å². The van der Waals surface area contributed by atoms with Gasteiger partial charge in [-0.3, -0.25) is 0 Å². The smallest absolute Gasteiger partial charge is 0.190 e. The zero-order chi connectivity index (χ0) is 9.79. The molecule has 6 aliphatic carbocycles. The van der Waals surface area contributed by atoms with E-state index in [-0.39, 0.29) is 11.3 Å². The lowest BCUT2D eigenvalue weighted by atomic mass is 9.12. The molecule has 15 heavy (non-hydrogen) atoms. The third-order valence-electron chi connectivity index (χ3n) is 7.34. The molecular formula is C12H15NO2. The van der Waals surface area contributed by atoms with Crippen molar-refractivity contribution in [3.63, 3.8) is 0 Å². The molecule has 7 aliphatic rings. The van der Waals surface area contributed by atoms with Crippen molar-refractivity contribution in [3.8, 4) is 0 Å². The molecule has 0 aromatic rings. The van der Waals surface area contributed by atoms with Crippen LogP contribution in [0.2, 0.25) is 0 Å². The van der Waals surface area contributed by atoms with Crippen molar-refractivity contribution < 1.29 is 9.47 Å². The summed E-state index contributed by atoms with van der Waals surface area (Å²) in [6.07, 6.45) is 0. The number of hydrogen-bond acceptors (Lipinski definition) is 3. The van der Waals surface area contributed by atoms with Gasteiger partial charge in [-0.05, 0) is 35.0 Å². The highest BCUT2D eigenvalue weighted by atomic mass is 16.7. The summed E-state index contributed by atoms with van der Waals surface area (Å²) in [5.74, 6) is 4.47. The normalized spacial score (nSPS) is 82.0. The van der Waals surface area contributed by atoms with E-state index in [4.69, 9.17) is 15.2 Å². The Bertz CT molecular complexity index is 407. The molecule has 1 aliphatic heterocycles. The van der Waals surface area contributed by atoms with Crippen LogP contribution in [0.1, 0.15) is 6.92 Å². The van der Waals surface area contributed by atoms with Crippen LogP contribution in [-0.4, -0.2) is 24.5 Å². The van der Waals surface area contributed by atoms with Crippen molar-refractivity contribution in [2.45, 2.75) is 18.2 Å². The predicted molar refractivity (Wildman–Crippen MR) is 50.6 cm³/mol. The summed E-state index contributed by atoms with van der Waals surface area (Å²) in [6.45, 7) is 4.00. The van der Waals surface area contributed by atoms with E-state index in [1.54, 1.807) is 0 Å². The molecule has 3 nitrogen and oxygen atoms in total. The summed E-state index contributed by atoms with van der Waals surface area (Å²) in [6, 6.07) is 0. The molecule has 0 amide bonds. The van der Waals surface area contributed by atoms with Crippen LogP contribution in [0.25, 0.3) is 0 Å². The minimum absolute atomic E-state index is 0.0775. The van der Waals surface area contributed by atoms with E-state index in [2.05, 4.69) is 6.92 Å². The lowest BCUT2D eigenvalue weighted by molar-refractivity contribution is -0.444. The Balaban J connectivity index is 1.65. The Labute approximate surface area is 88.3 Å². The monoisotopic (exact) mass is 205 g/mol. The van der Waals surface area contributed by atoms with Crippen molar-refractivity contribution in [1.82, 2.24) is 0 Å². The van der Waals surface area contributed by atoms with Gasteiger partial charge in [-0.2, -0.15) is 0 Å². The number of ether oxygens (including phenoxy) is 2. The largest absolute Gasteiger partial charge is 0.345 e. The molecule has 1 spiro atoms. The minimum Gasteiger partial charge on any atom is -0.345 e. The number of hydrogen-bond donors (Lipinski definition) is 1. The Morgan fingerprint density at radius 1 is 0.933 bits per heavy atom. The molecule has 80 valence electrons. The molecule has 7 rings (SSSR count). The number of rotatable bonds is 0. The van der Waals surface area contributed by atoms with Gasteiger partial charge in [0.1, 0.15) is 0 Å². The first-order chi connectivity index (χ1) is 7.19. The van der Waals surface area contributed by atoms with Gasteiger partial charge in [-0.1, -0.05) is 6.92 Å². The van der Waals surface area contributed by atoms with Gasteiger partial charge in [0.2, 0.25) is 0 Å². The SMILES string of the molecule is CC12C3[C@H]4[C@H]1C1[C@H]2[C@H]3C4(N)C12OCCO2. The molecule has 3 heteroatoms. The third-order valence-corrected chi connectivity index (χ3v) is 7.34. The molecular weight excluding hydrogens is 190 g/mol. The maximum absolute atomic E-state index is 6.68. The van der Waals surface area contributed by atoms with Gasteiger partial charge in [0.05, 0.1) is 18.8 Å². The van der Waals surface area contributed by atoms with Crippen LogP contribution in [0, 0.1) is 40.9 Å². The van der Waals surface area contributed by atoms with Gasteiger partial charge in [0.15, 0.2) is 5.79 Å². The van der Waals surface area contributed by atoms with Crippen molar-refractivity contribution in [2.75, 3.05) is 13.2 Å². The Morgan fingerprint density at radius 3 is 2.00 bits per heavy atom. The molecule has 2 N–H and O–H groups in total. The Morgan fingerprint density at radius 2 is 1.47 bits per heavy atom. The van der Waals surface area contributed by atoms with Crippen LogP contribution in [0.3, 0.4) is 0 Å². The molecule has 1 heterocycles. The van der Waals surface area contributed by atoms with Gasteiger partial charge >= 0.3 is 0 Å². The standard InChI is InChI=1S/C12H15NO2/c1-10-4-7-5(10)9-6(10)8(4)11(7,13)12(9)14-2-3-15-12/h4-9H,2-3,13H2,1H3/t4?,5-,6+,7-,8-,9?,10?,11?/m0/s1. The van der Waals surface area contributed by atoms with Crippen LogP contribution >= 0.6 is 0 Å². The van der Waals surface area contributed by atoms with Crippen LogP contribution in [0.4, 0.5) is 0 Å². The second-order valence-corrected chi connectivity index (χ2v) is 6.82. The molecule has 4 unspecified atom stereocenters. The van der Waals surface area contributed by atoms with E-state index in [0.29, 0.717) is 11.3 Å². The third kappa shape index (κ3) is 0.323. The average molecular weight is 205 g/mol. The van der Waals surface area contributed by atoms with Crippen LogP contribution in [-0.2, 0) is 9.47 Å². The molecule has 7 fully saturated rings. The quantitative estimate of drug-likeness (QED) is 0.614. The topological polar surface area (TPSA) is 44.5 Å². The van der Waals surface area contributed by atoms with E-state index >= 15 is 0 Å². The lowest BCUT2D eigenvalue weighted by Crippen LogP contribution is -2.94. The summed E-state index contributed by atoms with van der Waals surface area (Å²) in [7, 11) is 0. The number of nitrogens with two attached hydrogens (primary N) is 1. The molecule has 0 radical (unpaired) electrons. The van der Waals surface area contributed by atoms with Crippen molar-refractivity contribution in [3.05, 3.63) is 0 Å². The molecule has 8 atom stereocenters. The molecule has 6 saturated carbocycles. The summed E-state index contributed by atoms with van der Waals surface area (Å²) in [4.78, 5) is 0. The van der Waals surface area contributed by atoms with Gasteiger partial charge in [-0.25, -0.2) is 0 Å². The molecule has 0 aromatic heterocycles. The minimum atomic E-state index is -0.329. The second kappa shape index (κ2) is 1.45. The summed E-state index contributed by atoms with van der Waals surface area (Å²) in [5.41, 5.74) is 7.27. The van der Waals surface area contributed by atoms with Crippen LogP contribution < -0.4 is 5.73 Å². The van der Waals surface area contributed by atoms with E-state index in [9.17, 15) is 0 Å². The average Bonchev–Trinajstić information content (AvgIpc) is 2.78. The lowest BCUT2D eigenvalue weighted by Gasteiger charge is -2.91. The highest BCUT2D eigenvalue weighted by Crippen LogP contribution is 3.02. The summed E-state index contributed by atoms with van der Waals surface area (Å²) in [5, 5.41) is 0. The fraction of sp³-hybridized carbons (Fsp3) is 1.00. The van der Waals surface area contributed by atoms with E-state index in [1.807, 2.05) is 0 Å². The van der Waals surface area contributed by atoms with E-state index in [0.717, 1.165) is 42.8 Å². The second-order valence-electron chi connectivity index (χ2n) is 6.82. The first-order valence-electron chi connectivity index (χ1n) is 6.26. The first kappa shape index (κ1) is 7.25. The van der Waals surface area contributed by atoms with Gasteiger partial charge in [0.25, 0.3) is 0 Å². The molecule has 2 bridgehead atoms. The molecule has 0 aromatic carbocycles. The van der Waals surface area contributed by atoms with Crippen LogP contribution in [0.5, 0.6) is 0 Å².